The first kappa shape index (κ1) is 15.6. The Balaban J connectivity index is 1.61. The summed E-state index contributed by atoms with van der Waals surface area (Å²) in [6, 6.07) is 9.60. The van der Waals surface area contributed by atoms with Crippen LogP contribution in [0.15, 0.2) is 46.9 Å². The van der Waals surface area contributed by atoms with Crippen LogP contribution in [0.4, 0.5) is 4.39 Å². The molecule has 1 aliphatic rings. The van der Waals surface area contributed by atoms with E-state index in [0.29, 0.717) is 18.0 Å². The number of amides is 1. The lowest BCUT2D eigenvalue weighted by Gasteiger charge is -2.03. The van der Waals surface area contributed by atoms with Crippen LogP contribution in [0, 0.1) is 5.82 Å². The molecule has 0 radical (unpaired) electrons. The third kappa shape index (κ3) is 3.90. The van der Waals surface area contributed by atoms with E-state index in [1.165, 1.54) is 18.2 Å². The van der Waals surface area contributed by atoms with Gasteiger partial charge in [-0.25, -0.2) is 4.39 Å². The van der Waals surface area contributed by atoms with Crippen molar-refractivity contribution in [2.45, 2.75) is 6.54 Å². The van der Waals surface area contributed by atoms with E-state index in [1.807, 2.05) is 0 Å². The van der Waals surface area contributed by atoms with Gasteiger partial charge in [-0.1, -0.05) is 28.1 Å². The highest BCUT2D eigenvalue weighted by Gasteiger charge is 2.15. The van der Waals surface area contributed by atoms with Crippen molar-refractivity contribution in [2.75, 3.05) is 6.79 Å². The minimum atomic E-state index is -0.298. The predicted octanol–water partition coefficient (Wildman–Crippen LogP) is 3.65. The minimum absolute atomic E-state index is 0.201. The van der Waals surface area contributed by atoms with Crippen LogP contribution in [-0.2, 0) is 11.3 Å². The van der Waals surface area contributed by atoms with Gasteiger partial charge in [-0.3, -0.25) is 4.79 Å². The second-order valence-corrected chi connectivity index (χ2v) is 5.76. The van der Waals surface area contributed by atoms with Gasteiger partial charge in [0.1, 0.15) is 5.82 Å². The van der Waals surface area contributed by atoms with Gasteiger partial charge in [-0.2, -0.15) is 0 Å². The Bertz CT molecular complexity index is 759. The summed E-state index contributed by atoms with van der Waals surface area (Å²) in [5.74, 6) is 0.792. The van der Waals surface area contributed by atoms with E-state index in [2.05, 4.69) is 21.2 Å². The minimum Gasteiger partial charge on any atom is -0.454 e. The third-order valence-electron chi connectivity index (χ3n) is 3.29. The van der Waals surface area contributed by atoms with Gasteiger partial charge in [-0.05, 0) is 41.5 Å². The number of hydrogen-bond donors (Lipinski definition) is 1. The van der Waals surface area contributed by atoms with Crippen molar-refractivity contribution in [1.82, 2.24) is 5.32 Å². The Kier molecular flexibility index (Phi) is 4.62. The first-order valence-electron chi connectivity index (χ1n) is 6.91. The highest BCUT2D eigenvalue weighted by atomic mass is 79.9. The first-order valence-corrected chi connectivity index (χ1v) is 7.70. The lowest BCUT2D eigenvalue weighted by Crippen LogP contribution is -2.20. The molecule has 0 fully saturated rings. The van der Waals surface area contributed by atoms with Crippen LogP contribution in [0.3, 0.4) is 0 Å². The number of carbonyl (C=O) groups is 1. The smallest absolute Gasteiger partial charge is 0.244 e. The Morgan fingerprint density at radius 1 is 1.22 bits per heavy atom. The van der Waals surface area contributed by atoms with Crippen molar-refractivity contribution in [1.29, 1.82) is 0 Å². The van der Waals surface area contributed by atoms with Crippen LogP contribution in [0.5, 0.6) is 11.5 Å². The molecule has 1 heterocycles. The monoisotopic (exact) mass is 377 g/mol. The molecule has 2 aromatic carbocycles. The molecule has 0 aromatic heterocycles. The van der Waals surface area contributed by atoms with E-state index < -0.39 is 0 Å². The number of hydrogen-bond acceptors (Lipinski definition) is 3. The average molecular weight is 378 g/mol. The van der Waals surface area contributed by atoms with E-state index in [9.17, 15) is 9.18 Å². The summed E-state index contributed by atoms with van der Waals surface area (Å²) >= 11 is 3.43. The maximum Gasteiger partial charge on any atom is 0.244 e. The summed E-state index contributed by atoms with van der Waals surface area (Å²) in [5.41, 5.74) is 1.64. The number of ether oxygens (including phenoxy) is 2. The molecule has 0 saturated carbocycles. The molecular weight excluding hydrogens is 365 g/mol. The number of rotatable bonds is 4. The van der Waals surface area contributed by atoms with Gasteiger partial charge >= 0.3 is 0 Å². The summed E-state index contributed by atoms with van der Waals surface area (Å²) in [7, 11) is 0. The topological polar surface area (TPSA) is 47.6 Å². The van der Waals surface area contributed by atoms with Gasteiger partial charge < -0.3 is 14.8 Å². The molecule has 0 spiro atoms. The number of fused-ring (bicyclic) bond motifs is 1. The fraction of sp³-hybridized carbons (Fsp3) is 0.118. The molecule has 1 amide bonds. The van der Waals surface area contributed by atoms with Gasteiger partial charge in [0, 0.05) is 17.1 Å². The maximum absolute atomic E-state index is 12.8. The Morgan fingerprint density at radius 3 is 2.65 bits per heavy atom. The third-order valence-corrected chi connectivity index (χ3v) is 3.97. The van der Waals surface area contributed by atoms with Crippen molar-refractivity contribution < 1.29 is 18.7 Å². The van der Waals surface area contributed by atoms with Crippen LogP contribution in [0.25, 0.3) is 6.08 Å². The Morgan fingerprint density at radius 2 is 1.91 bits per heavy atom. The molecule has 0 bridgehead atoms. The fourth-order valence-corrected chi connectivity index (χ4v) is 2.53. The van der Waals surface area contributed by atoms with E-state index in [1.54, 1.807) is 30.3 Å². The van der Waals surface area contributed by atoms with Crippen LogP contribution < -0.4 is 14.8 Å². The average Bonchev–Trinajstić information content (AvgIpc) is 2.99. The molecule has 0 unspecified atom stereocenters. The molecule has 1 N–H and O–H groups in total. The normalized spacial score (nSPS) is 12.6. The van der Waals surface area contributed by atoms with Gasteiger partial charge in [0.2, 0.25) is 12.7 Å². The quantitative estimate of drug-likeness (QED) is 0.827. The van der Waals surface area contributed by atoms with E-state index in [0.717, 1.165) is 15.6 Å². The van der Waals surface area contributed by atoms with E-state index >= 15 is 0 Å². The molecule has 118 valence electrons. The molecule has 3 rings (SSSR count). The van der Waals surface area contributed by atoms with Crippen molar-refractivity contribution in [3.8, 4) is 11.5 Å². The van der Waals surface area contributed by atoms with Crippen molar-refractivity contribution in [3.63, 3.8) is 0 Å². The summed E-state index contributed by atoms with van der Waals surface area (Å²) in [4.78, 5) is 11.9. The zero-order valence-corrected chi connectivity index (χ0v) is 13.6. The standard InChI is InChI=1S/C17H13BrFNO3/c18-14-8-16-15(22-10-23-16)7-12(14)3-6-17(21)20-9-11-1-4-13(19)5-2-11/h1-8H,9-10H2,(H,20,21)/b6-3+. The summed E-state index contributed by atoms with van der Waals surface area (Å²) in [6.07, 6.45) is 3.12. The van der Waals surface area contributed by atoms with Crippen molar-refractivity contribution in [2.24, 2.45) is 0 Å². The number of nitrogens with one attached hydrogen (secondary N) is 1. The highest BCUT2D eigenvalue weighted by molar-refractivity contribution is 9.10. The van der Waals surface area contributed by atoms with Gasteiger partial charge in [0.15, 0.2) is 11.5 Å². The molecule has 0 aliphatic carbocycles. The number of benzene rings is 2. The lowest BCUT2D eigenvalue weighted by molar-refractivity contribution is -0.116. The summed E-state index contributed by atoms with van der Waals surface area (Å²) in [5, 5.41) is 2.74. The lowest BCUT2D eigenvalue weighted by atomic mass is 10.2. The van der Waals surface area contributed by atoms with Crippen molar-refractivity contribution >= 4 is 27.9 Å². The molecule has 4 nitrogen and oxygen atoms in total. The summed E-state index contributed by atoms with van der Waals surface area (Å²) in [6.45, 7) is 0.541. The largest absolute Gasteiger partial charge is 0.454 e. The van der Waals surface area contributed by atoms with E-state index in [-0.39, 0.29) is 18.5 Å². The zero-order valence-electron chi connectivity index (χ0n) is 12.0. The fourth-order valence-electron chi connectivity index (χ4n) is 2.08. The molecule has 1 aliphatic heterocycles. The van der Waals surface area contributed by atoms with E-state index in [4.69, 9.17) is 9.47 Å². The van der Waals surface area contributed by atoms with Gasteiger partial charge in [0.05, 0.1) is 0 Å². The SMILES string of the molecule is O=C(/C=C/c1cc2c(cc1Br)OCO2)NCc1ccc(F)cc1. The molecule has 0 saturated heterocycles. The Hall–Kier alpha value is -2.34. The van der Waals surface area contributed by atoms with Gasteiger partial charge in [0.25, 0.3) is 0 Å². The molecule has 2 aromatic rings. The maximum atomic E-state index is 12.8. The molecule has 0 atom stereocenters. The van der Waals surface area contributed by atoms with Crippen molar-refractivity contribution in [3.05, 3.63) is 63.9 Å². The van der Waals surface area contributed by atoms with Crippen LogP contribution in [-0.4, -0.2) is 12.7 Å². The molecular formula is C17H13BrFNO3. The molecule has 23 heavy (non-hydrogen) atoms. The second kappa shape index (κ2) is 6.83. The highest BCUT2D eigenvalue weighted by Crippen LogP contribution is 2.37. The number of carbonyl (C=O) groups excluding carboxylic acids is 1. The van der Waals surface area contributed by atoms with Crippen LogP contribution in [0.2, 0.25) is 0 Å². The van der Waals surface area contributed by atoms with Crippen LogP contribution in [0.1, 0.15) is 11.1 Å². The Labute approximate surface area is 141 Å². The van der Waals surface area contributed by atoms with Crippen LogP contribution >= 0.6 is 15.9 Å². The first-order chi connectivity index (χ1) is 11.1. The second-order valence-electron chi connectivity index (χ2n) is 4.90. The zero-order chi connectivity index (χ0) is 16.2. The molecule has 6 heteroatoms. The predicted molar refractivity (Wildman–Crippen MR) is 87.5 cm³/mol. The summed E-state index contributed by atoms with van der Waals surface area (Å²) < 4.78 is 24.2. The van der Waals surface area contributed by atoms with Gasteiger partial charge in [-0.15, -0.1) is 0 Å². The number of halogens is 2.